The fraction of sp³-hybridized carbons (Fsp3) is 0. The van der Waals surface area contributed by atoms with Crippen LogP contribution in [0.15, 0.2) is 30.5 Å². The van der Waals surface area contributed by atoms with Gasteiger partial charge in [-0.2, -0.15) is 5.38 Å². The van der Waals surface area contributed by atoms with Crippen molar-refractivity contribution >= 4 is 22.9 Å². The van der Waals surface area contributed by atoms with Crippen molar-refractivity contribution in [3.8, 4) is 10.6 Å². The molecule has 0 aliphatic heterocycles. The number of thiazole rings is 1. The third-order valence-corrected chi connectivity index (χ3v) is 2.49. The quantitative estimate of drug-likeness (QED) is 0.477. The Labute approximate surface area is 97.9 Å². The Morgan fingerprint density at radius 2 is 1.92 bits per heavy atom. The van der Waals surface area contributed by atoms with E-state index in [1.807, 2.05) is 24.3 Å². The average molecular weight is 202 g/mol. The number of rotatable bonds is 1. The maximum Gasteiger partial charge on any atom is 1.00 e. The van der Waals surface area contributed by atoms with Gasteiger partial charge < -0.3 is 16.3 Å². The summed E-state index contributed by atoms with van der Waals surface area (Å²) in [6.45, 7) is 0. The van der Waals surface area contributed by atoms with Crippen LogP contribution in [-0.2, 0) is 0 Å². The van der Waals surface area contributed by atoms with E-state index in [2.05, 4.69) is 10.4 Å². The molecule has 0 fully saturated rings. The molecule has 0 N–H and O–H groups in total. The molecule has 1 aromatic carbocycles. The minimum absolute atomic E-state index is 0. The minimum Gasteiger partial charge on any atom is -0.359 e. The Morgan fingerprint density at radius 1 is 1.23 bits per heavy atom. The topological polar surface area (TPSA) is 12.9 Å². The summed E-state index contributed by atoms with van der Waals surface area (Å²) in [4.78, 5) is 4.14. The van der Waals surface area contributed by atoms with Crippen molar-refractivity contribution in [2.45, 2.75) is 0 Å². The van der Waals surface area contributed by atoms with Crippen LogP contribution >= 0.6 is 22.9 Å². The Kier molecular flexibility index (Phi) is 4.02. The molecule has 1 heterocycles. The molecule has 2 aromatic rings. The first-order valence-corrected chi connectivity index (χ1v) is 4.63. The Hall–Kier alpha value is -0.263. The summed E-state index contributed by atoms with van der Waals surface area (Å²) < 4.78 is 0. The van der Waals surface area contributed by atoms with E-state index in [1.54, 1.807) is 6.20 Å². The summed E-state index contributed by atoms with van der Waals surface area (Å²) in [5.74, 6) is 0. The molecule has 13 heavy (non-hydrogen) atoms. The van der Waals surface area contributed by atoms with Crippen LogP contribution in [0.4, 0.5) is 0 Å². The van der Waals surface area contributed by atoms with Crippen LogP contribution in [0.25, 0.3) is 10.6 Å². The Bertz CT molecular complexity index is 358. The normalized spacial score (nSPS) is 9.31. The maximum atomic E-state index is 5.75. The monoisotopic (exact) mass is 201 g/mol. The number of benzene rings is 1. The van der Waals surface area contributed by atoms with E-state index in [1.165, 1.54) is 11.3 Å². The third kappa shape index (κ3) is 2.59. The molecule has 60 valence electrons. The van der Waals surface area contributed by atoms with Crippen LogP contribution in [0.3, 0.4) is 0 Å². The number of hydrogen-bond donors (Lipinski definition) is 0. The molecule has 0 bridgehead atoms. The van der Waals surface area contributed by atoms with Crippen LogP contribution in [0, 0.1) is 5.38 Å². The van der Waals surface area contributed by atoms with Gasteiger partial charge in [0.15, 0.2) is 0 Å². The van der Waals surface area contributed by atoms with Gasteiger partial charge in [0.25, 0.3) is 0 Å². The van der Waals surface area contributed by atoms with Crippen molar-refractivity contribution < 1.29 is 18.9 Å². The average Bonchev–Trinajstić information content (AvgIpc) is 2.58. The zero-order valence-corrected chi connectivity index (χ0v) is 8.69. The summed E-state index contributed by atoms with van der Waals surface area (Å²) in [6.07, 6.45) is 1.68. The second-order valence-electron chi connectivity index (χ2n) is 2.29. The molecule has 0 spiro atoms. The van der Waals surface area contributed by atoms with Crippen LogP contribution in [0.2, 0.25) is 5.02 Å². The summed E-state index contributed by atoms with van der Waals surface area (Å²) in [5.41, 5.74) is 1.09. The summed E-state index contributed by atoms with van der Waals surface area (Å²) in [5, 5.41) is 4.67. The van der Waals surface area contributed by atoms with Gasteiger partial charge in [-0.05, 0) is 17.1 Å². The number of nitrogens with zero attached hydrogens (tertiary/aromatic N) is 1. The second kappa shape index (κ2) is 4.83. The summed E-state index contributed by atoms with van der Waals surface area (Å²) in [6, 6.07) is 7.63. The predicted octanol–water partition coefficient (Wildman–Crippen LogP) is 0.268. The van der Waals surface area contributed by atoms with Crippen molar-refractivity contribution in [1.82, 2.24) is 4.98 Å². The van der Waals surface area contributed by atoms with Gasteiger partial charge in [0.1, 0.15) is 0 Å². The van der Waals surface area contributed by atoms with E-state index >= 15 is 0 Å². The summed E-state index contributed by atoms with van der Waals surface area (Å²) >= 11 is 7.25. The van der Waals surface area contributed by atoms with Gasteiger partial charge in [-0.25, -0.2) is 0 Å². The van der Waals surface area contributed by atoms with Gasteiger partial charge in [-0.3, -0.25) is 0 Å². The van der Waals surface area contributed by atoms with E-state index in [9.17, 15) is 0 Å². The first-order chi connectivity index (χ1) is 5.86. The van der Waals surface area contributed by atoms with Gasteiger partial charge in [0, 0.05) is 5.02 Å². The largest absolute Gasteiger partial charge is 1.00 e. The van der Waals surface area contributed by atoms with Crippen LogP contribution in [-0.4, -0.2) is 4.98 Å². The van der Waals surface area contributed by atoms with Crippen LogP contribution < -0.4 is 18.9 Å². The van der Waals surface area contributed by atoms with Crippen molar-refractivity contribution in [3.63, 3.8) is 0 Å². The maximum absolute atomic E-state index is 5.75. The molecule has 2 rings (SSSR count). The zero-order chi connectivity index (χ0) is 8.39. The number of aromatic nitrogens is 1. The van der Waals surface area contributed by atoms with Crippen molar-refractivity contribution in [3.05, 3.63) is 40.9 Å². The molecule has 0 amide bonds. The molecule has 0 radical (unpaired) electrons. The molecule has 0 saturated carbocycles. The Balaban J connectivity index is 0.000000845. The molecule has 1 nitrogen and oxygen atoms in total. The predicted molar refractivity (Wildman–Crippen MR) is 51.4 cm³/mol. The smallest absolute Gasteiger partial charge is 0.359 e. The first kappa shape index (κ1) is 10.8. The molecular formula is C9H5ClLiNS. The zero-order valence-electron chi connectivity index (χ0n) is 7.12. The van der Waals surface area contributed by atoms with Crippen LogP contribution in [0.1, 0.15) is 0 Å². The SMILES string of the molecule is Clc1ccc(-c2nc[c-]s2)cc1.[Li+]. The molecule has 0 aliphatic rings. The Morgan fingerprint density at radius 3 is 2.46 bits per heavy atom. The standard InChI is InChI=1S/C9H5ClNS.Li/c10-8-3-1-7(2-4-8)9-11-5-6-12-9;/h1-5H;/q-1;+1. The molecule has 0 unspecified atom stereocenters. The van der Waals surface area contributed by atoms with E-state index in [0.717, 1.165) is 15.6 Å². The van der Waals surface area contributed by atoms with Crippen molar-refractivity contribution in [2.75, 3.05) is 0 Å². The summed E-state index contributed by atoms with van der Waals surface area (Å²) in [7, 11) is 0. The van der Waals surface area contributed by atoms with Gasteiger partial charge in [-0.15, -0.1) is 0 Å². The fourth-order valence-corrected chi connectivity index (χ4v) is 1.62. The molecule has 4 heteroatoms. The third-order valence-electron chi connectivity index (χ3n) is 1.48. The molecule has 0 saturated heterocycles. The second-order valence-corrected chi connectivity index (χ2v) is 3.55. The van der Waals surface area contributed by atoms with Gasteiger partial charge in [0.2, 0.25) is 0 Å². The molecule has 1 aromatic heterocycles. The van der Waals surface area contributed by atoms with E-state index in [4.69, 9.17) is 11.6 Å². The number of halogens is 1. The van der Waals surface area contributed by atoms with Gasteiger partial charge >= 0.3 is 18.9 Å². The first-order valence-electron chi connectivity index (χ1n) is 3.44. The van der Waals surface area contributed by atoms with Gasteiger partial charge in [0.05, 0.1) is 0 Å². The molecule has 0 aliphatic carbocycles. The van der Waals surface area contributed by atoms with E-state index < -0.39 is 0 Å². The molecule has 0 atom stereocenters. The molecular weight excluding hydrogens is 197 g/mol. The fourth-order valence-electron chi connectivity index (χ4n) is 0.919. The minimum atomic E-state index is 0. The van der Waals surface area contributed by atoms with E-state index in [0.29, 0.717) is 0 Å². The van der Waals surface area contributed by atoms with Crippen LogP contribution in [0.5, 0.6) is 0 Å². The van der Waals surface area contributed by atoms with E-state index in [-0.39, 0.29) is 18.9 Å². The van der Waals surface area contributed by atoms with Crippen molar-refractivity contribution in [1.29, 1.82) is 0 Å². The van der Waals surface area contributed by atoms with Crippen molar-refractivity contribution in [2.24, 2.45) is 0 Å². The number of hydrogen-bond acceptors (Lipinski definition) is 2. The van der Waals surface area contributed by atoms with Gasteiger partial charge in [-0.1, -0.05) is 35.5 Å².